The lowest BCUT2D eigenvalue weighted by atomic mass is 9.77. The Bertz CT molecular complexity index is 4980. The predicted molar refractivity (Wildman–Crippen MR) is 443 cm³/mol. The minimum absolute atomic E-state index is 0.0893. The largest absolute Gasteiger partial charge is 0.805 e. The van der Waals surface area contributed by atoms with Gasteiger partial charge in [0.15, 0.2) is 24.0 Å². The zero-order valence-electron chi connectivity index (χ0n) is 66.4. The first-order chi connectivity index (χ1) is 56.6. The highest BCUT2D eigenvalue weighted by atomic mass is 31.2. The van der Waals surface area contributed by atoms with E-state index in [-0.39, 0.29) is 36.8 Å². The van der Waals surface area contributed by atoms with E-state index < -0.39 is 93.4 Å². The number of anilines is 2. The summed E-state index contributed by atoms with van der Waals surface area (Å²) in [5.74, 6) is 2.06. The number of carbonyl (C=O) groups is 2. The molecule has 13 rings (SSSR count). The van der Waals surface area contributed by atoms with Crippen molar-refractivity contribution in [2.24, 2.45) is 17.6 Å². The van der Waals surface area contributed by atoms with E-state index in [0.717, 1.165) is 39.1 Å². The van der Waals surface area contributed by atoms with E-state index in [4.69, 9.17) is 57.0 Å². The molecule has 4 heterocycles. The number of aliphatic hydroxyl groups excluding tert-OH is 1. The highest BCUT2D eigenvalue weighted by Gasteiger charge is 2.47. The second kappa shape index (κ2) is 42.2. The Balaban J connectivity index is 0.000000200. The maximum absolute atomic E-state index is 14.0. The third-order valence-electron chi connectivity index (χ3n) is 19.5. The van der Waals surface area contributed by atoms with Crippen molar-refractivity contribution in [1.82, 2.24) is 24.2 Å². The lowest BCUT2D eigenvalue weighted by Crippen LogP contribution is -2.40. The Labute approximate surface area is 680 Å². The number of hydrogen-bond donors (Lipinski definition) is 5. The van der Waals surface area contributed by atoms with Crippen LogP contribution in [0.1, 0.15) is 73.5 Å². The summed E-state index contributed by atoms with van der Waals surface area (Å²) in [6, 6.07) is 83.9. The van der Waals surface area contributed by atoms with Gasteiger partial charge in [-0.25, -0.2) is 23.2 Å². The molecule has 612 valence electrons. The van der Waals surface area contributed by atoms with Crippen molar-refractivity contribution in [3.8, 4) is 28.7 Å². The van der Waals surface area contributed by atoms with E-state index in [2.05, 4.69) is 54.7 Å². The summed E-state index contributed by atoms with van der Waals surface area (Å²) in [6.07, 6.45) is -0.426. The first kappa shape index (κ1) is 87.7. The molecule has 9 aromatic carbocycles. The fourth-order valence-corrected chi connectivity index (χ4v) is 15.6. The summed E-state index contributed by atoms with van der Waals surface area (Å²) >= 11 is 0. The first-order valence-corrected chi connectivity index (χ1v) is 40.1. The van der Waals surface area contributed by atoms with Crippen LogP contribution >= 0.6 is 16.0 Å². The van der Waals surface area contributed by atoms with Crippen molar-refractivity contribution in [2.45, 2.75) is 87.7 Å². The fourth-order valence-electron chi connectivity index (χ4n) is 13.5. The number of rotatable bonds is 30. The van der Waals surface area contributed by atoms with E-state index >= 15 is 0 Å². The Kier molecular flexibility index (Phi) is 31.7. The van der Waals surface area contributed by atoms with Crippen molar-refractivity contribution in [3.05, 3.63) is 340 Å². The van der Waals surface area contributed by atoms with E-state index in [1.807, 2.05) is 172 Å². The third kappa shape index (κ3) is 22.1. The smallest absolute Gasteiger partial charge is 0.497 e. The number of aliphatic hydroxyl groups is 1. The van der Waals surface area contributed by atoms with Gasteiger partial charge in [0.1, 0.15) is 64.3 Å². The molecule has 0 amide bonds. The molecule has 0 bridgehead atoms. The fraction of sp³-hybridized carbons (Fsp3) is 0.273. The Morgan fingerprint density at radius 1 is 0.487 bits per heavy atom. The molecule has 0 saturated carbocycles. The number of methoxy groups -OCH3 is 6. The molecule has 0 radical (unpaired) electrons. The molecule has 0 aliphatic carbocycles. The second-order valence-corrected chi connectivity index (χ2v) is 29.5. The lowest BCUT2D eigenvalue weighted by molar-refractivity contribution is -0.142. The number of nitrogens with zero attached hydrogens (tertiary/aromatic N) is 4. The molecule has 117 heavy (non-hydrogen) atoms. The van der Waals surface area contributed by atoms with Crippen LogP contribution in [0, 0.1) is 11.8 Å². The topological polar surface area (TPSA) is 331 Å². The minimum atomic E-state index is -4.15. The van der Waals surface area contributed by atoms with E-state index in [9.17, 15) is 33.4 Å². The van der Waals surface area contributed by atoms with Gasteiger partial charge in [-0.15, -0.1) is 0 Å². The van der Waals surface area contributed by atoms with Gasteiger partial charge in [-0.05, 0) is 120 Å². The van der Waals surface area contributed by atoms with Crippen molar-refractivity contribution in [3.63, 3.8) is 0 Å². The molecular weight excluding hydrogens is 1530 g/mol. The highest BCUT2D eigenvalue weighted by molar-refractivity contribution is 7.52. The lowest BCUT2D eigenvalue weighted by Gasteiger charge is -2.37. The SMILES string of the molecule is COC(=O)[C@H](C)N.COC(=O)[C@H](C)NP(=O)(OC[C@H]1O[C@@H](n2ccc(NC(c3ccccc3)(c3ccccc3)c3ccc(OC)cc3)nc2=O)[C@@H](OC)C1C)Oc1ccccc1.COc1ccc(C(Nc2ccn([C@@H]3O[C@H](CO)C(C)[C@@H]3OC)c(=O)n2)(c2ccccc2)c2ccccc2)cc1.O=[P+](Oc1ccccc1)Oc1ccccc1. The van der Waals surface area contributed by atoms with Crippen LogP contribution in [0.5, 0.6) is 28.7 Å². The normalized spacial score (nSPS) is 18.4. The van der Waals surface area contributed by atoms with Crippen LogP contribution in [0.2, 0.25) is 0 Å². The van der Waals surface area contributed by atoms with Crippen molar-refractivity contribution in [1.29, 1.82) is 0 Å². The Morgan fingerprint density at radius 3 is 1.14 bits per heavy atom. The van der Waals surface area contributed by atoms with Gasteiger partial charge in [0.05, 0.1) is 53.9 Å². The number of nitrogens with one attached hydrogen (secondary N) is 3. The average Bonchev–Trinajstić information content (AvgIpc) is 0.895. The maximum Gasteiger partial charge on any atom is 0.805 e. The third-order valence-corrected chi connectivity index (χ3v) is 21.9. The summed E-state index contributed by atoms with van der Waals surface area (Å²) in [5, 5.41) is 19.6. The molecule has 2 aliphatic rings. The van der Waals surface area contributed by atoms with Crippen LogP contribution < -0.4 is 55.9 Å². The molecule has 0 spiro atoms. The number of para-hydroxylation sites is 3. The van der Waals surface area contributed by atoms with E-state index in [1.54, 1.807) is 132 Å². The zero-order valence-corrected chi connectivity index (χ0v) is 68.2. The van der Waals surface area contributed by atoms with Crippen molar-refractivity contribution >= 4 is 39.6 Å². The maximum atomic E-state index is 14.0. The van der Waals surface area contributed by atoms with E-state index in [1.165, 1.54) is 37.4 Å². The quantitative estimate of drug-likeness (QED) is 0.0159. The van der Waals surface area contributed by atoms with Gasteiger partial charge < -0.3 is 63.9 Å². The average molecular weight is 1630 g/mol. The number of ether oxygens (including phenoxy) is 8. The number of benzene rings is 9. The molecule has 27 nitrogen and oxygen atoms in total. The first-order valence-electron chi connectivity index (χ1n) is 37.5. The van der Waals surface area contributed by atoms with Crippen LogP contribution in [0.3, 0.4) is 0 Å². The van der Waals surface area contributed by atoms with Crippen LogP contribution in [-0.2, 0) is 62.7 Å². The van der Waals surface area contributed by atoms with E-state index in [0.29, 0.717) is 28.9 Å². The standard InChI is InChI=1S/C41H45N4O9P.C31H33N3O5.C12H10O3P.C4H9NO2/c1-28-35(27-52-55(48,44-29(2)39(46)51-5)54-34-19-13-8-14-20-34)53-38(37(28)50-4)45-26-25-36(42-40(45)47)43-41(30-15-9-6-10-16-30,31-17-11-7-12-18-31)32-21-23-33(49-3)24-22-32;1-21-26(20-35)39-29(28(21)38-3)34-19-18-27(32-30(34)36)33-31(22-10-6-4-7-11-22,23-12-8-5-9-13-23)24-14-16-25(37-2)17-15-24;13-16(14-11-7-3-1-4-8-11)15-12-9-5-2-6-10-12;1-3(5)4(6)7-2/h6-26,28-29,35,37-38H,27H2,1-5H3,(H,44,48)(H,42,43,47);4-19,21,26,28-29,35H,20H2,1-3H3,(H,32,33,36);1-10H;3H,5H2,1-2H3/q;;+1;/t28?,29-,35+,37-,38+,55?;21?,26-,28+,29-;;3-/m01.0/s1. The molecule has 2 fully saturated rings. The molecule has 2 aromatic heterocycles. The summed E-state index contributed by atoms with van der Waals surface area (Å²) in [7, 11) is 2.57. The summed E-state index contributed by atoms with van der Waals surface area (Å²) in [5.41, 5.74) is 7.85. The van der Waals surface area contributed by atoms with Crippen LogP contribution in [0.25, 0.3) is 0 Å². The summed E-state index contributed by atoms with van der Waals surface area (Å²) in [4.78, 5) is 58.6. The highest BCUT2D eigenvalue weighted by Crippen LogP contribution is 2.48. The van der Waals surface area contributed by atoms with Gasteiger partial charge in [0.25, 0.3) is 0 Å². The van der Waals surface area contributed by atoms with Crippen LogP contribution in [0.4, 0.5) is 11.6 Å². The number of aromatic nitrogens is 4. The predicted octanol–water partition coefficient (Wildman–Crippen LogP) is 14.1. The van der Waals surface area contributed by atoms with Gasteiger partial charge in [-0.3, -0.25) is 23.2 Å². The number of nitrogens with two attached hydrogens (primary N) is 1. The minimum Gasteiger partial charge on any atom is -0.497 e. The molecule has 3 unspecified atom stereocenters. The Hall–Kier alpha value is -11.7. The second-order valence-electron chi connectivity index (χ2n) is 27.0. The number of hydrogen-bond acceptors (Lipinski definition) is 24. The number of esters is 2. The summed E-state index contributed by atoms with van der Waals surface area (Å²) < 4.78 is 93.9. The zero-order chi connectivity index (χ0) is 83.5. The van der Waals surface area contributed by atoms with Crippen molar-refractivity contribution in [2.75, 3.05) is 66.5 Å². The molecule has 11 aromatic rings. The molecule has 2 saturated heterocycles. The van der Waals surface area contributed by atoms with Gasteiger partial charge in [-0.2, -0.15) is 15.1 Å². The van der Waals surface area contributed by atoms with Gasteiger partial charge in [0.2, 0.25) is 0 Å². The van der Waals surface area contributed by atoms with Crippen LogP contribution in [0.15, 0.2) is 295 Å². The molecule has 29 heteroatoms. The molecular formula is C88H97N8O19P2+. The molecule has 6 N–H and O–H groups in total. The van der Waals surface area contributed by atoms with Gasteiger partial charge in [0, 0.05) is 43.0 Å². The molecule has 2 aliphatic heterocycles. The number of carbonyl (C=O) groups excluding carboxylic acids is 2. The van der Waals surface area contributed by atoms with Crippen molar-refractivity contribution < 1.29 is 79.8 Å². The van der Waals surface area contributed by atoms with Crippen LogP contribution in [-0.4, -0.2) is 129 Å². The monoisotopic (exact) mass is 1630 g/mol. The summed E-state index contributed by atoms with van der Waals surface area (Å²) in [6.45, 7) is 6.51. The van der Waals surface area contributed by atoms with Gasteiger partial charge >= 0.3 is 39.3 Å². The Morgan fingerprint density at radius 2 is 0.821 bits per heavy atom. The van der Waals surface area contributed by atoms with Gasteiger partial charge in [-0.1, -0.05) is 214 Å². The molecule has 11 atom stereocenters.